The molecule has 108 valence electrons. The highest BCUT2D eigenvalue weighted by molar-refractivity contribution is 5.91. The average molecular weight is 287 g/mol. The van der Waals surface area contributed by atoms with Gasteiger partial charge >= 0.3 is 5.97 Å². The summed E-state index contributed by atoms with van der Waals surface area (Å²) in [5.74, 6) is -0.627. The van der Waals surface area contributed by atoms with Crippen molar-refractivity contribution in [3.8, 4) is 5.69 Å². The molecule has 2 rings (SSSR count). The molecule has 0 atom stereocenters. The summed E-state index contributed by atoms with van der Waals surface area (Å²) >= 11 is 0. The third kappa shape index (κ3) is 3.33. The van der Waals surface area contributed by atoms with Gasteiger partial charge in [0.1, 0.15) is 12.3 Å². The van der Waals surface area contributed by atoms with E-state index in [2.05, 4.69) is 11.6 Å². The van der Waals surface area contributed by atoms with E-state index < -0.39 is 10.9 Å². The van der Waals surface area contributed by atoms with Gasteiger partial charge in [-0.3, -0.25) is 10.1 Å². The number of esters is 1. The van der Waals surface area contributed by atoms with E-state index in [1.54, 1.807) is 13.1 Å². The zero-order valence-corrected chi connectivity index (χ0v) is 11.4. The lowest BCUT2D eigenvalue weighted by molar-refractivity contribution is -0.384. The molecule has 0 unspecified atom stereocenters. The van der Waals surface area contributed by atoms with Crippen molar-refractivity contribution in [2.24, 2.45) is 0 Å². The summed E-state index contributed by atoms with van der Waals surface area (Å²) in [6.45, 7) is 5.42. The molecule has 21 heavy (non-hydrogen) atoms. The van der Waals surface area contributed by atoms with Gasteiger partial charge in [-0.15, -0.1) is 0 Å². The molecule has 0 aliphatic carbocycles. The number of rotatable bonds is 5. The summed E-state index contributed by atoms with van der Waals surface area (Å²) in [6, 6.07) is 4.15. The SMILES string of the molecule is C=C(C)COC(=O)c1ccc(-n2ccnc2)c([N+](=O)[O-])c1. The van der Waals surface area contributed by atoms with Crippen LogP contribution < -0.4 is 0 Å². The molecule has 0 radical (unpaired) electrons. The largest absolute Gasteiger partial charge is 0.458 e. The Bertz CT molecular complexity index is 692. The number of nitro groups is 1. The lowest BCUT2D eigenvalue weighted by Crippen LogP contribution is -2.08. The third-order valence-electron chi connectivity index (χ3n) is 2.64. The minimum absolute atomic E-state index is 0.0793. The molecule has 0 aliphatic heterocycles. The van der Waals surface area contributed by atoms with Gasteiger partial charge in [-0.1, -0.05) is 6.58 Å². The number of nitro benzene ring substituents is 1. The minimum Gasteiger partial charge on any atom is -0.458 e. The number of hydrogen-bond donors (Lipinski definition) is 0. The third-order valence-corrected chi connectivity index (χ3v) is 2.64. The molecule has 0 bridgehead atoms. The molecule has 2 aromatic rings. The first-order chi connectivity index (χ1) is 9.99. The first kappa shape index (κ1) is 14.4. The maximum absolute atomic E-state index is 11.8. The fourth-order valence-electron chi connectivity index (χ4n) is 1.69. The monoisotopic (exact) mass is 287 g/mol. The van der Waals surface area contributed by atoms with Crippen molar-refractivity contribution in [1.29, 1.82) is 0 Å². The van der Waals surface area contributed by atoms with Crippen molar-refractivity contribution in [3.05, 3.63) is 64.7 Å². The van der Waals surface area contributed by atoms with Crippen LogP contribution in [0.3, 0.4) is 0 Å². The highest BCUT2D eigenvalue weighted by atomic mass is 16.6. The summed E-state index contributed by atoms with van der Waals surface area (Å²) < 4.78 is 6.48. The molecule has 7 heteroatoms. The van der Waals surface area contributed by atoms with Crippen molar-refractivity contribution in [1.82, 2.24) is 9.55 Å². The Labute approximate surface area is 120 Å². The van der Waals surface area contributed by atoms with E-state index >= 15 is 0 Å². The Kier molecular flexibility index (Phi) is 4.13. The van der Waals surface area contributed by atoms with Gasteiger partial charge in [0.25, 0.3) is 5.69 Å². The van der Waals surface area contributed by atoms with Crippen LogP contribution >= 0.6 is 0 Å². The molecule has 0 N–H and O–H groups in total. The predicted octanol–water partition coefficient (Wildman–Crippen LogP) is 2.51. The van der Waals surface area contributed by atoms with E-state index in [0.29, 0.717) is 11.3 Å². The summed E-state index contributed by atoms with van der Waals surface area (Å²) in [5, 5.41) is 11.2. The first-order valence-corrected chi connectivity index (χ1v) is 6.07. The molecule has 1 heterocycles. The number of hydrogen-bond acceptors (Lipinski definition) is 5. The lowest BCUT2D eigenvalue weighted by Gasteiger charge is -2.07. The number of carbonyl (C=O) groups excluding carboxylic acids is 1. The highest BCUT2D eigenvalue weighted by Gasteiger charge is 2.19. The highest BCUT2D eigenvalue weighted by Crippen LogP contribution is 2.24. The molecule has 0 aliphatic rings. The molecular weight excluding hydrogens is 274 g/mol. The van der Waals surface area contributed by atoms with E-state index in [0.717, 1.165) is 0 Å². The van der Waals surface area contributed by atoms with Crippen LogP contribution in [0, 0.1) is 10.1 Å². The van der Waals surface area contributed by atoms with Crippen molar-refractivity contribution in [2.75, 3.05) is 6.61 Å². The Balaban J connectivity index is 2.35. The second-order valence-electron chi connectivity index (χ2n) is 4.46. The van der Waals surface area contributed by atoms with Crippen molar-refractivity contribution in [2.45, 2.75) is 6.92 Å². The molecular formula is C14H13N3O4. The van der Waals surface area contributed by atoms with Crippen LogP contribution in [0.15, 0.2) is 49.1 Å². The van der Waals surface area contributed by atoms with Crippen LogP contribution in [0.2, 0.25) is 0 Å². The smallest absolute Gasteiger partial charge is 0.338 e. The molecule has 1 aromatic carbocycles. The topological polar surface area (TPSA) is 87.3 Å². The molecule has 0 spiro atoms. The fourth-order valence-corrected chi connectivity index (χ4v) is 1.69. The summed E-state index contributed by atoms with van der Waals surface area (Å²) in [5.41, 5.74) is 0.937. The van der Waals surface area contributed by atoms with Crippen molar-refractivity contribution >= 4 is 11.7 Å². The molecule has 0 saturated heterocycles. The molecule has 1 aromatic heterocycles. The summed E-state index contributed by atoms with van der Waals surface area (Å²) in [4.78, 5) is 26.3. The number of ether oxygens (including phenoxy) is 1. The van der Waals surface area contributed by atoms with E-state index in [1.807, 2.05) is 0 Å². The van der Waals surface area contributed by atoms with Crippen molar-refractivity contribution < 1.29 is 14.5 Å². The summed E-state index contributed by atoms with van der Waals surface area (Å²) in [7, 11) is 0. The number of carbonyl (C=O) groups is 1. The number of benzene rings is 1. The van der Waals surface area contributed by atoms with Gasteiger partial charge < -0.3 is 9.30 Å². The average Bonchev–Trinajstić information content (AvgIpc) is 2.98. The fraction of sp³-hybridized carbons (Fsp3) is 0.143. The van der Waals surface area contributed by atoms with Crippen LogP contribution in [-0.2, 0) is 4.74 Å². The molecule has 0 fully saturated rings. The van der Waals surface area contributed by atoms with Gasteiger partial charge in [-0.2, -0.15) is 0 Å². The van der Waals surface area contributed by atoms with E-state index in [1.165, 1.54) is 35.3 Å². The van der Waals surface area contributed by atoms with Crippen LogP contribution in [-0.4, -0.2) is 27.1 Å². The second-order valence-corrected chi connectivity index (χ2v) is 4.46. The van der Waals surface area contributed by atoms with Crippen LogP contribution in [0.1, 0.15) is 17.3 Å². The lowest BCUT2D eigenvalue weighted by atomic mass is 10.1. The Morgan fingerprint density at radius 1 is 1.52 bits per heavy atom. The number of nitrogens with zero attached hydrogens (tertiary/aromatic N) is 3. The zero-order valence-electron chi connectivity index (χ0n) is 11.4. The van der Waals surface area contributed by atoms with Gasteiger partial charge in [0.15, 0.2) is 0 Å². The normalized spacial score (nSPS) is 10.1. The van der Waals surface area contributed by atoms with Gasteiger partial charge in [0.2, 0.25) is 0 Å². The van der Waals surface area contributed by atoms with Crippen molar-refractivity contribution in [3.63, 3.8) is 0 Å². The summed E-state index contributed by atoms with van der Waals surface area (Å²) in [6.07, 6.45) is 4.54. The Morgan fingerprint density at radius 3 is 2.86 bits per heavy atom. The first-order valence-electron chi connectivity index (χ1n) is 6.07. The van der Waals surface area contributed by atoms with Gasteiger partial charge in [0, 0.05) is 18.5 Å². The molecule has 7 nitrogen and oxygen atoms in total. The Hall–Kier alpha value is -2.96. The number of aromatic nitrogens is 2. The van der Waals surface area contributed by atoms with Crippen LogP contribution in [0.25, 0.3) is 5.69 Å². The van der Waals surface area contributed by atoms with E-state index in [9.17, 15) is 14.9 Å². The number of imidazole rings is 1. The Morgan fingerprint density at radius 2 is 2.29 bits per heavy atom. The minimum atomic E-state index is -0.627. The predicted molar refractivity (Wildman–Crippen MR) is 75.3 cm³/mol. The van der Waals surface area contributed by atoms with E-state index in [4.69, 9.17) is 4.74 Å². The van der Waals surface area contributed by atoms with Crippen LogP contribution in [0.4, 0.5) is 5.69 Å². The van der Waals surface area contributed by atoms with Crippen LogP contribution in [0.5, 0.6) is 0 Å². The zero-order chi connectivity index (χ0) is 15.4. The standard InChI is InChI=1S/C14H13N3O4/c1-10(2)8-21-14(18)11-3-4-12(13(7-11)17(19)20)16-6-5-15-9-16/h3-7,9H,1,8H2,2H3. The second kappa shape index (κ2) is 6.00. The maximum atomic E-state index is 11.8. The quantitative estimate of drug-likeness (QED) is 0.365. The molecule has 0 saturated carbocycles. The van der Waals surface area contributed by atoms with Gasteiger partial charge in [-0.25, -0.2) is 9.78 Å². The van der Waals surface area contributed by atoms with E-state index in [-0.39, 0.29) is 17.9 Å². The molecule has 0 amide bonds. The van der Waals surface area contributed by atoms with Gasteiger partial charge in [-0.05, 0) is 24.6 Å². The van der Waals surface area contributed by atoms with Gasteiger partial charge in [0.05, 0.1) is 16.8 Å². The maximum Gasteiger partial charge on any atom is 0.338 e.